The molecule has 2 aromatic rings. The lowest BCUT2D eigenvalue weighted by atomic mass is 10.2. The number of benzene rings is 2. The number of sulfonamides is 1. The van der Waals surface area contributed by atoms with Crippen molar-refractivity contribution in [1.29, 1.82) is 0 Å². The minimum atomic E-state index is -4.06. The lowest BCUT2D eigenvalue weighted by Crippen LogP contribution is -2.43. The molecule has 2 aromatic carbocycles. The normalized spacial score (nSPS) is 10.9. The van der Waals surface area contributed by atoms with Crippen molar-refractivity contribution in [3.05, 3.63) is 58.6 Å². The van der Waals surface area contributed by atoms with Crippen LogP contribution >= 0.6 is 11.6 Å². The molecule has 0 aliphatic carbocycles. The number of hydrazine groups is 1. The molecule has 0 aliphatic rings. The smallest absolute Gasteiger partial charge is 0.340 e. The first-order valence-electron chi connectivity index (χ1n) is 9.50. The van der Waals surface area contributed by atoms with Crippen molar-refractivity contribution >= 4 is 45.1 Å². The predicted octanol–water partition coefficient (Wildman–Crippen LogP) is 1.45. The zero-order chi connectivity index (χ0) is 23.9. The second-order valence-corrected chi connectivity index (χ2v) is 8.45. The number of halogens is 1. The summed E-state index contributed by atoms with van der Waals surface area (Å²) in [5.74, 6) is -2.40. The maximum Gasteiger partial charge on any atom is 0.340 e. The van der Waals surface area contributed by atoms with E-state index in [4.69, 9.17) is 21.5 Å². The van der Waals surface area contributed by atoms with Gasteiger partial charge in [-0.15, -0.1) is 0 Å². The van der Waals surface area contributed by atoms with Gasteiger partial charge in [-0.1, -0.05) is 11.6 Å². The van der Waals surface area contributed by atoms with Crippen molar-refractivity contribution in [2.24, 2.45) is 5.14 Å². The summed E-state index contributed by atoms with van der Waals surface area (Å²) in [6.07, 6.45) is 0. The number of ether oxygens (including phenoxy) is 1. The summed E-state index contributed by atoms with van der Waals surface area (Å²) >= 11 is 5.88. The van der Waals surface area contributed by atoms with Gasteiger partial charge in [0.1, 0.15) is 0 Å². The Morgan fingerprint density at radius 1 is 1.03 bits per heavy atom. The predicted molar refractivity (Wildman–Crippen MR) is 119 cm³/mol. The fourth-order valence-corrected chi connectivity index (χ4v) is 3.43. The molecule has 0 fully saturated rings. The Bertz CT molecular complexity index is 1100. The van der Waals surface area contributed by atoms with Gasteiger partial charge in [0.15, 0.2) is 6.61 Å². The zero-order valence-electron chi connectivity index (χ0n) is 17.4. The van der Waals surface area contributed by atoms with Gasteiger partial charge >= 0.3 is 5.97 Å². The molecule has 0 aromatic heterocycles. The van der Waals surface area contributed by atoms with Crippen LogP contribution in [0.1, 0.15) is 34.6 Å². The molecule has 0 saturated heterocycles. The summed E-state index contributed by atoms with van der Waals surface area (Å²) in [7, 11) is -4.06. The third-order valence-electron chi connectivity index (χ3n) is 4.39. The van der Waals surface area contributed by atoms with Crippen LogP contribution < -0.4 is 20.9 Å². The van der Waals surface area contributed by atoms with Crippen LogP contribution in [0.3, 0.4) is 0 Å². The number of nitrogens with zero attached hydrogens (tertiary/aromatic N) is 1. The van der Waals surface area contributed by atoms with Crippen molar-refractivity contribution in [3.63, 3.8) is 0 Å². The molecule has 172 valence electrons. The highest BCUT2D eigenvalue weighted by Crippen LogP contribution is 2.20. The van der Waals surface area contributed by atoms with E-state index in [-0.39, 0.29) is 15.5 Å². The van der Waals surface area contributed by atoms with Crippen molar-refractivity contribution in [2.45, 2.75) is 18.7 Å². The number of carbonyl (C=O) groups excluding carboxylic acids is 3. The summed E-state index contributed by atoms with van der Waals surface area (Å²) in [5, 5.41) is 4.94. The maximum atomic E-state index is 12.2. The molecule has 0 spiro atoms. The molecule has 0 bridgehead atoms. The van der Waals surface area contributed by atoms with E-state index in [2.05, 4.69) is 15.8 Å². The summed E-state index contributed by atoms with van der Waals surface area (Å²) in [6, 6.07) is 10.1. The first kappa shape index (κ1) is 25.1. The van der Waals surface area contributed by atoms with Gasteiger partial charge in [-0.3, -0.25) is 20.4 Å². The van der Waals surface area contributed by atoms with Crippen molar-refractivity contribution in [2.75, 3.05) is 24.6 Å². The average molecular weight is 483 g/mol. The molecule has 2 rings (SSSR count). The molecular formula is C20H23ClN4O6S. The van der Waals surface area contributed by atoms with E-state index in [1.807, 2.05) is 13.8 Å². The maximum absolute atomic E-state index is 12.2. The topological polar surface area (TPSA) is 148 Å². The lowest BCUT2D eigenvalue weighted by Gasteiger charge is -2.21. The van der Waals surface area contributed by atoms with Crippen LogP contribution in [0.2, 0.25) is 5.02 Å². The largest absolute Gasteiger partial charge is 0.452 e. The number of carbonyl (C=O) groups is 3. The van der Waals surface area contributed by atoms with E-state index in [0.29, 0.717) is 5.56 Å². The lowest BCUT2D eigenvalue weighted by molar-refractivity contribution is -0.125. The zero-order valence-corrected chi connectivity index (χ0v) is 19.0. The van der Waals surface area contributed by atoms with Gasteiger partial charge in [-0.05, 0) is 56.3 Å². The third kappa shape index (κ3) is 6.67. The second kappa shape index (κ2) is 10.9. The minimum Gasteiger partial charge on any atom is -0.452 e. The van der Waals surface area contributed by atoms with E-state index in [1.165, 1.54) is 6.07 Å². The first-order chi connectivity index (χ1) is 15.1. The van der Waals surface area contributed by atoms with E-state index in [0.717, 1.165) is 30.9 Å². The Kier molecular flexibility index (Phi) is 8.58. The molecule has 4 N–H and O–H groups in total. The highest BCUT2D eigenvalue weighted by Gasteiger charge is 2.18. The molecule has 32 heavy (non-hydrogen) atoms. The summed E-state index contributed by atoms with van der Waals surface area (Å²) < 4.78 is 27.6. The minimum absolute atomic E-state index is 0.0794. The van der Waals surface area contributed by atoms with E-state index in [1.54, 1.807) is 24.3 Å². The van der Waals surface area contributed by atoms with Crippen LogP contribution in [-0.2, 0) is 19.6 Å². The van der Waals surface area contributed by atoms with Gasteiger partial charge in [-0.25, -0.2) is 18.4 Å². The number of nitrogens with two attached hydrogens (primary N) is 1. The molecule has 2 amide bonds. The van der Waals surface area contributed by atoms with Crippen molar-refractivity contribution in [3.8, 4) is 0 Å². The monoisotopic (exact) mass is 482 g/mol. The Hall–Kier alpha value is -3.15. The van der Waals surface area contributed by atoms with Crippen LogP contribution in [-0.4, -0.2) is 45.9 Å². The van der Waals surface area contributed by atoms with Gasteiger partial charge in [0.05, 0.1) is 15.5 Å². The molecular weight excluding hydrogens is 460 g/mol. The number of esters is 1. The molecule has 10 nitrogen and oxygen atoms in total. The second-order valence-electron chi connectivity index (χ2n) is 6.48. The number of hydrogen-bond donors (Lipinski definition) is 3. The fraction of sp³-hybridized carbons (Fsp3) is 0.250. The van der Waals surface area contributed by atoms with Crippen LogP contribution in [0.15, 0.2) is 47.4 Å². The first-order valence-corrected chi connectivity index (χ1v) is 11.4. The molecule has 0 radical (unpaired) electrons. The Balaban J connectivity index is 1.90. The van der Waals surface area contributed by atoms with Crippen molar-refractivity contribution < 1.29 is 27.5 Å². The number of nitrogens with one attached hydrogen (secondary N) is 2. The number of primary sulfonamides is 1. The summed E-state index contributed by atoms with van der Waals surface area (Å²) in [4.78, 5) is 38.0. The standard InChI is InChI=1S/C20H23ClN4O6S/c1-3-25(4-2)14-7-5-13(6-8-14)19(27)24-23-18(26)12-31-20(28)16-11-15(32(22,29)30)9-10-17(16)21/h5-11H,3-4,12H2,1-2H3,(H,23,26)(H,24,27)(H2,22,29,30). The molecule has 0 aliphatic heterocycles. The highest BCUT2D eigenvalue weighted by atomic mass is 35.5. The van der Waals surface area contributed by atoms with E-state index < -0.39 is 34.4 Å². The van der Waals surface area contributed by atoms with Gasteiger partial charge in [0.2, 0.25) is 10.0 Å². The van der Waals surface area contributed by atoms with E-state index >= 15 is 0 Å². The van der Waals surface area contributed by atoms with Crippen LogP contribution in [0.5, 0.6) is 0 Å². The highest BCUT2D eigenvalue weighted by molar-refractivity contribution is 7.89. The van der Waals surface area contributed by atoms with E-state index in [9.17, 15) is 22.8 Å². The average Bonchev–Trinajstić information content (AvgIpc) is 2.76. The molecule has 0 saturated carbocycles. The SMILES string of the molecule is CCN(CC)c1ccc(C(=O)NNC(=O)COC(=O)c2cc(S(N)(=O)=O)ccc2Cl)cc1. The third-order valence-corrected chi connectivity index (χ3v) is 5.63. The Morgan fingerprint density at radius 3 is 2.22 bits per heavy atom. The fourth-order valence-electron chi connectivity index (χ4n) is 2.69. The molecule has 0 unspecified atom stereocenters. The van der Waals surface area contributed by atoms with Crippen LogP contribution in [0.4, 0.5) is 5.69 Å². The molecule has 0 heterocycles. The van der Waals surface area contributed by atoms with Crippen molar-refractivity contribution in [1.82, 2.24) is 10.9 Å². The number of anilines is 1. The quantitative estimate of drug-likeness (QED) is 0.381. The van der Waals surface area contributed by atoms with Gasteiger partial charge in [0.25, 0.3) is 11.8 Å². The van der Waals surface area contributed by atoms with Gasteiger partial charge in [-0.2, -0.15) is 0 Å². The molecule has 0 atom stereocenters. The summed E-state index contributed by atoms with van der Waals surface area (Å²) in [6.45, 7) is 4.97. The number of hydrogen-bond acceptors (Lipinski definition) is 7. The Labute approximate surface area is 190 Å². The van der Waals surface area contributed by atoms with Gasteiger partial charge in [0, 0.05) is 24.3 Å². The molecule has 12 heteroatoms. The summed E-state index contributed by atoms with van der Waals surface area (Å²) in [5.41, 5.74) is 5.35. The Morgan fingerprint density at radius 2 is 1.66 bits per heavy atom. The van der Waals surface area contributed by atoms with Gasteiger partial charge < -0.3 is 9.64 Å². The number of amides is 2. The number of rotatable bonds is 8. The van der Waals surface area contributed by atoms with Crippen LogP contribution in [0.25, 0.3) is 0 Å². The van der Waals surface area contributed by atoms with Crippen LogP contribution in [0, 0.1) is 0 Å².